The fraction of sp³-hybridized carbons (Fsp3) is 0.340. The summed E-state index contributed by atoms with van der Waals surface area (Å²) >= 11 is 0. The Balaban J connectivity index is 0.888. The first-order chi connectivity index (χ1) is 33.3. The summed E-state index contributed by atoms with van der Waals surface area (Å²) in [6, 6.07) is 33.8. The molecule has 4 amide bonds. The molecule has 1 heterocycles. The van der Waals surface area contributed by atoms with Gasteiger partial charge < -0.3 is 35.3 Å². The number of aliphatic carboxylic acids is 1. The van der Waals surface area contributed by atoms with E-state index in [4.69, 9.17) is 14.2 Å². The van der Waals surface area contributed by atoms with Crippen molar-refractivity contribution in [1.29, 1.82) is 0 Å². The highest BCUT2D eigenvalue weighted by molar-refractivity contribution is 5.94. The molecule has 6 N–H and O–H groups in total. The number of unbranched alkanes of at least 4 members (excludes halogenated alkanes) is 2. The van der Waals surface area contributed by atoms with Gasteiger partial charge in [-0.1, -0.05) is 103 Å². The van der Waals surface area contributed by atoms with Crippen molar-refractivity contribution in [2.24, 2.45) is 5.92 Å². The summed E-state index contributed by atoms with van der Waals surface area (Å²) in [5.74, 6) is -4.39. The molecule has 0 radical (unpaired) electrons. The van der Waals surface area contributed by atoms with Crippen LogP contribution in [-0.2, 0) is 28.6 Å². The number of aromatic nitrogens is 1. The highest BCUT2D eigenvalue weighted by Crippen LogP contribution is 2.45. The number of carboxylic acids is 1. The largest absolute Gasteiger partial charge is 0.481 e. The summed E-state index contributed by atoms with van der Waals surface area (Å²) in [6.45, 7) is 5.72. The van der Waals surface area contributed by atoms with E-state index >= 15 is 0 Å². The molecular weight excluding hydrogens is 881 g/mol. The second-order valence-corrected chi connectivity index (χ2v) is 18.0. The molecule has 4 aromatic carbocycles. The van der Waals surface area contributed by atoms with Crippen molar-refractivity contribution in [1.82, 2.24) is 26.4 Å². The van der Waals surface area contributed by atoms with E-state index in [1.807, 2.05) is 97.1 Å². The van der Waals surface area contributed by atoms with E-state index in [9.17, 15) is 33.9 Å². The zero-order chi connectivity index (χ0) is 48.9. The Kier molecular flexibility index (Phi) is 16.3. The maximum Gasteiger partial charge on any atom is 0.426 e. The standard InChI is InChI=1S/C53H58N6O10/c1-53(2,3)69-52(66)59-58-46-27-26-33(30-56-46)47(60)54-28-15-13-25-45(57-51(65)68-32-44-40-22-10-6-18-36(40)37-19-7-11-23-41(37)44)48(61)55-29-14-12-24-42(49(62)63)50(64)67-31-43-38-20-8-4-16-34(38)35-17-5-9-21-39(35)43/h4-11,16-23,26-27,30,42-45H,12-15,24-25,28-29,31-32H2,1-3H3,(H,54,60)(H,55,61)(H,56,58)(H,57,65)(H,59,66)(H,62,63). The summed E-state index contributed by atoms with van der Waals surface area (Å²) < 4.78 is 16.6. The van der Waals surface area contributed by atoms with Crippen LogP contribution in [-0.4, -0.2) is 84.0 Å². The van der Waals surface area contributed by atoms with Gasteiger partial charge in [-0.15, -0.1) is 0 Å². The van der Waals surface area contributed by atoms with E-state index in [0.29, 0.717) is 37.1 Å². The number of esters is 1. The van der Waals surface area contributed by atoms with E-state index in [-0.39, 0.29) is 56.9 Å². The van der Waals surface area contributed by atoms with Crippen LogP contribution < -0.4 is 26.8 Å². The summed E-state index contributed by atoms with van der Waals surface area (Å²) in [5.41, 5.74) is 13.1. The maximum absolute atomic E-state index is 13.6. The number of rotatable bonds is 21. The Labute approximate surface area is 400 Å². The lowest BCUT2D eigenvalue weighted by atomic mass is 9.97. The molecule has 0 spiro atoms. The lowest BCUT2D eigenvalue weighted by molar-refractivity contribution is -0.159. The number of benzene rings is 4. The molecule has 2 unspecified atom stereocenters. The molecule has 0 saturated carbocycles. The van der Waals surface area contributed by atoms with Crippen LogP contribution in [0.4, 0.5) is 15.4 Å². The number of hydrogen-bond donors (Lipinski definition) is 6. The number of carbonyl (C=O) groups is 6. The molecule has 5 aromatic rings. The lowest BCUT2D eigenvalue weighted by Gasteiger charge is -2.20. The number of fused-ring (bicyclic) bond motifs is 6. The van der Waals surface area contributed by atoms with Crippen molar-refractivity contribution < 1.29 is 48.1 Å². The third kappa shape index (κ3) is 12.8. The molecule has 16 nitrogen and oxygen atoms in total. The first kappa shape index (κ1) is 49.2. The summed E-state index contributed by atoms with van der Waals surface area (Å²) in [7, 11) is 0. The normalized spacial score (nSPS) is 13.3. The Morgan fingerprint density at radius 2 is 1.13 bits per heavy atom. The molecule has 69 heavy (non-hydrogen) atoms. The van der Waals surface area contributed by atoms with Crippen LogP contribution in [0, 0.1) is 5.92 Å². The molecule has 0 fully saturated rings. The Morgan fingerprint density at radius 3 is 1.64 bits per heavy atom. The quantitative estimate of drug-likeness (QED) is 0.0135. The Hall–Kier alpha value is -7.75. The van der Waals surface area contributed by atoms with Crippen LogP contribution in [0.1, 0.15) is 104 Å². The number of nitrogens with one attached hydrogen (secondary N) is 5. The van der Waals surface area contributed by atoms with Gasteiger partial charge in [0.2, 0.25) is 5.91 Å². The van der Waals surface area contributed by atoms with Gasteiger partial charge in [0.15, 0.2) is 5.92 Å². The van der Waals surface area contributed by atoms with Gasteiger partial charge in [-0.05, 0) is 110 Å². The molecule has 360 valence electrons. The van der Waals surface area contributed by atoms with Crippen LogP contribution in [0.15, 0.2) is 115 Å². The second kappa shape index (κ2) is 22.8. The van der Waals surface area contributed by atoms with Gasteiger partial charge in [-0.2, -0.15) is 0 Å². The first-order valence-electron chi connectivity index (χ1n) is 23.2. The van der Waals surface area contributed by atoms with E-state index in [2.05, 4.69) is 31.8 Å². The van der Waals surface area contributed by atoms with Crippen LogP contribution in [0.5, 0.6) is 0 Å². The predicted octanol–water partition coefficient (Wildman–Crippen LogP) is 8.08. The maximum atomic E-state index is 13.6. The molecule has 7 rings (SSSR count). The van der Waals surface area contributed by atoms with E-state index in [0.717, 1.165) is 44.5 Å². The van der Waals surface area contributed by atoms with Gasteiger partial charge in [-0.3, -0.25) is 24.6 Å². The average Bonchev–Trinajstić information content (AvgIpc) is 3.84. The summed E-state index contributed by atoms with van der Waals surface area (Å²) in [4.78, 5) is 81.3. The zero-order valence-electron chi connectivity index (χ0n) is 38.9. The highest BCUT2D eigenvalue weighted by Gasteiger charge is 2.33. The molecular formula is C53H58N6O10. The number of nitrogens with zero attached hydrogens (tertiary/aromatic N) is 1. The Bertz CT molecular complexity index is 2560. The number of hydrazine groups is 1. The molecule has 0 saturated heterocycles. The van der Waals surface area contributed by atoms with Crippen LogP contribution in [0.2, 0.25) is 0 Å². The third-order valence-electron chi connectivity index (χ3n) is 12.0. The van der Waals surface area contributed by atoms with Gasteiger partial charge in [0.1, 0.15) is 30.7 Å². The Morgan fingerprint density at radius 1 is 0.623 bits per heavy atom. The minimum atomic E-state index is -1.38. The summed E-state index contributed by atoms with van der Waals surface area (Å²) in [6.07, 6.45) is 1.74. The number of pyridine rings is 1. The van der Waals surface area contributed by atoms with Gasteiger partial charge in [0, 0.05) is 31.1 Å². The van der Waals surface area contributed by atoms with Crippen molar-refractivity contribution >= 4 is 41.8 Å². The van der Waals surface area contributed by atoms with Crippen molar-refractivity contribution in [3.05, 3.63) is 143 Å². The van der Waals surface area contributed by atoms with Gasteiger partial charge in [0.05, 0.1) is 5.56 Å². The zero-order valence-corrected chi connectivity index (χ0v) is 38.9. The van der Waals surface area contributed by atoms with Crippen molar-refractivity contribution in [3.8, 4) is 22.3 Å². The smallest absolute Gasteiger partial charge is 0.426 e. The molecule has 2 aliphatic rings. The second-order valence-electron chi connectivity index (χ2n) is 18.0. The van der Waals surface area contributed by atoms with Crippen molar-refractivity contribution in [2.45, 2.75) is 82.8 Å². The van der Waals surface area contributed by atoms with Crippen LogP contribution in [0.3, 0.4) is 0 Å². The number of carbonyl (C=O) groups excluding carboxylic acids is 5. The fourth-order valence-electron chi connectivity index (χ4n) is 8.71. The van der Waals surface area contributed by atoms with Gasteiger partial charge >= 0.3 is 24.1 Å². The molecule has 0 aliphatic heterocycles. The lowest BCUT2D eigenvalue weighted by Crippen LogP contribution is -2.47. The number of amides is 4. The topological polar surface area (TPSA) is 223 Å². The van der Waals surface area contributed by atoms with Gasteiger partial charge in [0.25, 0.3) is 5.91 Å². The SMILES string of the molecule is CC(C)(C)OC(=O)NNc1ccc(C(=O)NCCCCC(NC(=O)OCC2c3ccccc3-c3ccccc32)C(=O)NCCCCC(C(=O)O)C(=O)OCC2c3ccccc3-c3ccccc32)cn1. The molecule has 1 aromatic heterocycles. The molecule has 2 aliphatic carbocycles. The van der Waals surface area contributed by atoms with Crippen molar-refractivity contribution in [3.63, 3.8) is 0 Å². The molecule has 2 atom stereocenters. The van der Waals surface area contributed by atoms with Crippen molar-refractivity contribution in [2.75, 3.05) is 31.7 Å². The first-order valence-corrected chi connectivity index (χ1v) is 23.2. The number of alkyl carbamates (subject to hydrolysis) is 1. The third-order valence-corrected chi connectivity index (χ3v) is 12.0. The van der Waals surface area contributed by atoms with Crippen LogP contribution in [0.25, 0.3) is 22.3 Å². The number of hydrogen-bond acceptors (Lipinski definition) is 11. The molecule has 0 bridgehead atoms. The minimum Gasteiger partial charge on any atom is -0.481 e. The summed E-state index contributed by atoms with van der Waals surface area (Å²) in [5, 5.41) is 18.4. The predicted molar refractivity (Wildman–Crippen MR) is 258 cm³/mol. The van der Waals surface area contributed by atoms with Gasteiger partial charge in [-0.25, -0.2) is 20.0 Å². The number of carboxylic acid groups (broad SMARTS) is 1. The average molecular weight is 939 g/mol. The minimum absolute atomic E-state index is 0.0113. The number of ether oxygens (including phenoxy) is 3. The monoisotopic (exact) mass is 938 g/mol. The fourth-order valence-corrected chi connectivity index (χ4v) is 8.71. The van der Waals surface area contributed by atoms with E-state index in [1.54, 1.807) is 26.8 Å². The van der Waals surface area contributed by atoms with E-state index < -0.39 is 47.6 Å². The number of anilines is 1. The molecule has 16 heteroatoms. The van der Waals surface area contributed by atoms with Crippen LogP contribution >= 0.6 is 0 Å². The van der Waals surface area contributed by atoms with E-state index in [1.165, 1.54) is 12.3 Å². The highest BCUT2D eigenvalue weighted by atomic mass is 16.6.